The number of ether oxygens (including phenoxy) is 1. The highest BCUT2D eigenvalue weighted by atomic mass is 19.3. The minimum atomic E-state index is -2.81. The van der Waals surface area contributed by atoms with Gasteiger partial charge in [-0.3, -0.25) is 4.90 Å². The number of alkyl halides is 2. The van der Waals surface area contributed by atoms with Crippen LogP contribution in [0, 0.1) is 12.3 Å². The Hall–Kier alpha value is -1.80. The first-order chi connectivity index (χ1) is 9.69. The molecule has 0 aliphatic carbocycles. The number of nitrogens with zero attached hydrogens (tertiary/aromatic N) is 1. The van der Waals surface area contributed by atoms with Gasteiger partial charge in [0.25, 0.3) is 0 Å². The van der Waals surface area contributed by atoms with Crippen LogP contribution in [0.2, 0.25) is 0 Å². The highest BCUT2D eigenvalue weighted by molar-refractivity contribution is 5.56. The maximum absolute atomic E-state index is 12.3. The predicted octanol–water partition coefficient (Wildman–Crippen LogP) is 2.80. The van der Waals surface area contributed by atoms with E-state index >= 15 is 0 Å². The van der Waals surface area contributed by atoms with Crippen LogP contribution in [0.25, 0.3) is 0 Å². The van der Waals surface area contributed by atoms with Gasteiger partial charge in [-0.05, 0) is 25.0 Å². The van der Waals surface area contributed by atoms with Gasteiger partial charge >= 0.3 is 6.61 Å². The second kappa shape index (κ2) is 7.11. The van der Waals surface area contributed by atoms with E-state index in [9.17, 15) is 8.78 Å². The summed E-state index contributed by atoms with van der Waals surface area (Å²) in [4.78, 5) is 2.21. The number of para-hydroxylation sites is 2. The van der Waals surface area contributed by atoms with Crippen molar-refractivity contribution >= 4 is 5.69 Å². The fraction of sp³-hybridized carbons (Fsp3) is 0.467. The second-order valence-electron chi connectivity index (χ2n) is 4.77. The van der Waals surface area contributed by atoms with Gasteiger partial charge in [0.2, 0.25) is 0 Å². The number of piperidine rings is 1. The molecule has 1 aromatic carbocycles. The monoisotopic (exact) mass is 280 g/mol. The summed E-state index contributed by atoms with van der Waals surface area (Å²) in [7, 11) is 0. The van der Waals surface area contributed by atoms with E-state index in [1.165, 1.54) is 0 Å². The summed E-state index contributed by atoms with van der Waals surface area (Å²) in [6, 6.07) is 7.03. The summed E-state index contributed by atoms with van der Waals surface area (Å²) in [5.74, 6) is 2.82. The third-order valence-corrected chi connectivity index (χ3v) is 3.37. The van der Waals surface area contributed by atoms with Crippen molar-refractivity contribution in [1.29, 1.82) is 0 Å². The molecule has 0 spiro atoms. The molecule has 0 saturated carbocycles. The van der Waals surface area contributed by atoms with Crippen LogP contribution in [0.4, 0.5) is 14.5 Å². The van der Waals surface area contributed by atoms with E-state index in [1.807, 2.05) is 0 Å². The van der Waals surface area contributed by atoms with Crippen molar-refractivity contribution in [3.8, 4) is 18.1 Å². The number of hydrogen-bond donors (Lipinski definition) is 1. The van der Waals surface area contributed by atoms with Crippen molar-refractivity contribution < 1.29 is 13.5 Å². The Morgan fingerprint density at radius 1 is 1.35 bits per heavy atom. The Labute approximate surface area is 117 Å². The van der Waals surface area contributed by atoms with Gasteiger partial charge in [0.15, 0.2) is 0 Å². The highest BCUT2D eigenvalue weighted by Gasteiger charge is 2.19. The lowest BCUT2D eigenvalue weighted by Gasteiger charge is -2.32. The molecule has 1 fully saturated rings. The fourth-order valence-corrected chi connectivity index (χ4v) is 2.37. The highest BCUT2D eigenvalue weighted by Crippen LogP contribution is 2.27. The molecule has 1 N–H and O–H groups in total. The van der Waals surface area contributed by atoms with Crippen molar-refractivity contribution in [2.45, 2.75) is 25.5 Å². The molecule has 0 bridgehead atoms. The van der Waals surface area contributed by atoms with Gasteiger partial charge in [-0.15, -0.1) is 6.42 Å². The molecule has 0 amide bonds. The first-order valence-electron chi connectivity index (χ1n) is 6.65. The lowest BCUT2D eigenvalue weighted by molar-refractivity contribution is -0.0494. The first-order valence-corrected chi connectivity index (χ1v) is 6.65. The summed E-state index contributed by atoms with van der Waals surface area (Å²) in [5, 5.41) is 3.28. The third kappa shape index (κ3) is 4.10. The van der Waals surface area contributed by atoms with Gasteiger partial charge in [-0.25, -0.2) is 0 Å². The zero-order chi connectivity index (χ0) is 14.4. The van der Waals surface area contributed by atoms with Crippen molar-refractivity contribution in [2.75, 3.05) is 25.0 Å². The zero-order valence-electron chi connectivity index (χ0n) is 11.2. The van der Waals surface area contributed by atoms with Crippen molar-refractivity contribution in [3.63, 3.8) is 0 Å². The average molecular weight is 280 g/mol. The molecule has 108 valence electrons. The van der Waals surface area contributed by atoms with Crippen molar-refractivity contribution in [2.24, 2.45) is 0 Å². The van der Waals surface area contributed by atoms with Gasteiger partial charge in [0.1, 0.15) is 5.75 Å². The van der Waals surface area contributed by atoms with Gasteiger partial charge in [-0.2, -0.15) is 8.78 Å². The largest absolute Gasteiger partial charge is 0.433 e. The van der Waals surface area contributed by atoms with Crippen molar-refractivity contribution in [1.82, 2.24) is 4.90 Å². The SMILES string of the molecule is C#CCN1CCC(Nc2ccccc2OC(F)F)CC1. The molecular formula is C15H18F2N2O. The number of anilines is 1. The third-order valence-electron chi connectivity index (χ3n) is 3.37. The number of terminal acetylenes is 1. The van der Waals surface area contributed by atoms with E-state index in [-0.39, 0.29) is 11.8 Å². The van der Waals surface area contributed by atoms with Crippen LogP contribution in [0.3, 0.4) is 0 Å². The molecule has 5 heteroatoms. The number of hydrogen-bond acceptors (Lipinski definition) is 3. The Morgan fingerprint density at radius 3 is 2.70 bits per heavy atom. The molecule has 1 aliphatic heterocycles. The molecule has 0 radical (unpaired) electrons. The molecule has 20 heavy (non-hydrogen) atoms. The molecule has 0 unspecified atom stereocenters. The Morgan fingerprint density at radius 2 is 2.05 bits per heavy atom. The second-order valence-corrected chi connectivity index (χ2v) is 4.77. The number of likely N-dealkylation sites (tertiary alicyclic amines) is 1. The predicted molar refractivity (Wildman–Crippen MR) is 75.0 cm³/mol. The number of rotatable bonds is 5. The van der Waals surface area contributed by atoms with Crippen LogP contribution in [0.1, 0.15) is 12.8 Å². The van der Waals surface area contributed by atoms with Gasteiger partial charge < -0.3 is 10.1 Å². The number of benzene rings is 1. The van der Waals surface area contributed by atoms with E-state index in [0.717, 1.165) is 25.9 Å². The molecule has 1 heterocycles. The Balaban J connectivity index is 1.93. The maximum Gasteiger partial charge on any atom is 0.387 e. The van der Waals surface area contributed by atoms with E-state index in [4.69, 9.17) is 6.42 Å². The quantitative estimate of drug-likeness (QED) is 0.839. The van der Waals surface area contributed by atoms with Crippen molar-refractivity contribution in [3.05, 3.63) is 24.3 Å². The normalized spacial score (nSPS) is 16.9. The van der Waals surface area contributed by atoms with Crippen LogP contribution in [0.5, 0.6) is 5.75 Å². The smallest absolute Gasteiger partial charge is 0.387 e. The standard InChI is InChI=1S/C15H18F2N2O/c1-2-9-19-10-7-12(8-11-19)18-13-5-3-4-6-14(13)20-15(16)17/h1,3-6,12,15,18H,7-11H2. The summed E-state index contributed by atoms with van der Waals surface area (Å²) in [6.07, 6.45) is 7.16. The molecule has 2 rings (SSSR count). The molecule has 1 aliphatic rings. The van der Waals surface area contributed by atoms with Crippen LogP contribution in [0.15, 0.2) is 24.3 Å². The van der Waals surface area contributed by atoms with Crippen LogP contribution >= 0.6 is 0 Å². The Bertz CT molecular complexity index is 465. The average Bonchev–Trinajstić information content (AvgIpc) is 2.43. The summed E-state index contributed by atoms with van der Waals surface area (Å²) in [5.41, 5.74) is 0.614. The van der Waals surface area contributed by atoms with Crippen LogP contribution < -0.4 is 10.1 Å². The molecule has 3 nitrogen and oxygen atoms in total. The maximum atomic E-state index is 12.3. The minimum Gasteiger partial charge on any atom is -0.433 e. The lowest BCUT2D eigenvalue weighted by Crippen LogP contribution is -2.39. The molecule has 1 aromatic rings. The number of nitrogens with one attached hydrogen (secondary N) is 1. The van der Waals surface area contributed by atoms with E-state index in [1.54, 1.807) is 24.3 Å². The molecular weight excluding hydrogens is 262 g/mol. The molecule has 0 aromatic heterocycles. The number of halogens is 2. The van der Waals surface area contributed by atoms with E-state index < -0.39 is 6.61 Å². The summed E-state index contributed by atoms with van der Waals surface area (Å²) < 4.78 is 29.2. The first kappa shape index (κ1) is 14.6. The van der Waals surface area contributed by atoms with Gasteiger partial charge in [0.05, 0.1) is 12.2 Å². The summed E-state index contributed by atoms with van der Waals surface area (Å²) >= 11 is 0. The summed E-state index contributed by atoms with van der Waals surface area (Å²) in [6.45, 7) is -0.312. The Kier molecular flexibility index (Phi) is 5.19. The van der Waals surface area contributed by atoms with Gasteiger partial charge in [-0.1, -0.05) is 18.1 Å². The minimum absolute atomic E-state index is 0.188. The molecule has 1 saturated heterocycles. The van der Waals surface area contributed by atoms with E-state index in [0.29, 0.717) is 12.2 Å². The zero-order valence-corrected chi connectivity index (χ0v) is 11.2. The van der Waals surface area contributed by atoms with Crippen LogP contribution in [-0.4, -0.2) is 37.2 Å². The topological polar surface area (TPSA) is 24.5 Å². The fourth-order valence-electron chi connectivity index (χ4n) is 2.37. The van der Waals surface area contributed by atoms with Crippen LogP contribution in [-0.2, 0) is 0 Å². The lowest BCUT2D eigenvalue weighted by atomic mass is 10.0. The van der Waals surface area contributed by atoms with E-state index in [2.05, 4.69) is 20.9 Å². The molecule has 0 atom stereocenters. The van der Waals surface area contributed by atoms with Gasteiger partial charge in [0, 0.05) is 19.1 Å².